The van der Waals surface area contributed by atoms with E-state index in [0.29, 0.717) is 16.5 Å². The second kappa shape index (κ2) is 7.58. The summed E-state index contributed by atoms with van der Waals surface area (Å²) in [6, 6.07) is 27.3. The molecule has 5 nitrogen and oxygen atoms in total. The molecular formula is C22H14ClN5S. The van der Waals surface area contributed by atoms with Gasteiger partial charge in [-0.2, -0.15) is 4.98 Å². The quantitative estimate of drug-likeness (QED) is 0.291. The van der Waals surface area contributed by atoms with Crippen molar-refractivity contribution in [3.05, 3.63) is 90.0 Å². The molecule has 0 bridgehead atoms. The number of rotatable bonds is 4. The number of halogens is 1. The van der Waals surface area contributed by atoms with Crippen LogP contribution < -0.4 is 0 Å². The Hall–Kier alpha value is -3.35. The molecule has 0 fully saturated rings. The highest BCUT2D eigenvalue weighted by molar-refractivity contribution is 7.21. The molecule has 0 aliphatic rings. The van der Waals surface area contributed by atoms with Gasteiger partial charge in [0.25, 0.3) is 0 Å². The first-order valence-corrected chi connectivity index (χ1v) is 10.2. The van der Waals surface area contributed by atoms with Crippen molar-refractivity contribution in [3.63, 3.8) is 0 Å². The summed E-state index contributed by atoms with van der Waals surface area (Å²) in [5.74, 6) is 0.684. The van der Waals surface area contributed by atoms with Crippen LogP contribution in [0.3, 0.4) is 0 Å². The summed E-state index contributed by atoms with van der Waals surface area (Å²) in [7, 11) is 0. The third kappa shape index (κ3) is 3.44. The van der Waals surface area contributed by atoms with Crippen LogP contribution in [0.1, 0.15) is 0 Å². The van der Waals surface area contributed by atoms with Gasteiger partial charge in [0, 0.05) is 11.1 Å². The average molecular weight is 416 g/mol. The van der Waals surface area contributed by atoms with Crippen LogP contribution in [-0.4, -0.2) is 14.6 Å². The van der Waals surface area contributed by atoms with Crippen molar-refractivity contribution in [2.24, 2.45) is 10.2 Å². The molecule has 5 rings (SSSR count). The fraction of sp³-hybridized carbons (Fsp3) is 0. The molecule has 0 saturated heterocycles. The Kier molecular flexibility index (Phi) is 4.63. The van der Waals surface area contributed by atoms with Gasteiger partial charge in [-0.05, 0) is 12.1 Å². The van der Waals surface area contributed by atoms with E-state index in [4.69, 9.17) is 21.7 Å². The third-order valence-electron chi connectivity index (χ3n) is 4.36. The van der Waals surface area contributed by atoms with Crippen LogP contribution in [0.2, 0.25) is 5.02 Å². The maximum absolute atomic E-state index is 6.21. The Balaban J connectivity index is 1.66. The molecule has 0 aliphatic carbocycles. The van der Waals surface area contributed by atoms with Crippen LogP contribution in [-0.2, 0) is 0 Å². The molecule has 5 aromatic rings. The zero-order valence-electron chi connectivity index (χ0n) is 15.1. The largest absolute Gasteiger partial charge is 0.215 e. The molecule has 7 heteroatoms. The fourth-order valence-corrected chi connectivity index (χ4v) is 4.07. The van der Waals surface area contributed by atoms with Crippen LogP contribution in [0.25, 0.3) is 27.6 Å². The number of fused-ring (bicyclic) bond motifs is 1. The van der Waals surface area contributed by atoms with Crippen molar-refractivity contribution in [2.75, 3.05) is 0 Å². The monoisotopic (exact) mass is 415 g/mol. The van der Waals surface area contributed by atoms with Crippen molar-refractivity contribution in [1.82, 2.24) is 14.6 Å². The molecule has 29 heavy (non-hydrogen) atoms. The number of thiazole rings is 1. The van der Waals surface area contributed by atoms with Crippen molar-refractivity contribution in [2.45, 2.75) is 0 Å². The molecule has 0 unspecified atom stereocenters. The summed E-state index contributed by atoms with van der Waals surface area (Å²) >= 11 is 7.66. The fourth-order valence-electron chi connectivity index (χ4n) is 2.99. The summed E-state index contributed by atoms with van der Waals surface area (Å²) in [6.45, 7) is 0. The highest BCUT2D eigenvalue weighted by atomic mass is 35.5. The van der Waals surface area contributed by atoms with E-state index in [2.05, 4.69) is 10.2 Å². The van der Waals surface area contributed by atoms with Gasteiger partial charge in [0.15, 0.2) is 10.8 Å². The number of aromatic nitrogens is 3. The molecule has 0 amide bonds. The molecule has 0 radical (unpaired) electrons. The molecular weight excluding hydrogens is 402 g/mol. The van der Waals surface area contributed by atoms with E-state index < -0.39 is 0 Å². The van der Waals surface area contributed by atoms with E-state index >= 15 is 0 Å². The predicted molar refractivity (Wildman–Crippen MR) is 117 cm³/mol. The van der Waals surface area contributed by atoms with Gasteiger partial charge in [-0.3, -0.25) is 0 Å². The molecule has 0 spiro atoms. The van der Waals surface area contributed by atoms with Crippen LogP contribution in [0.5, 0.6) is 0 Å². The van der Waals surface area contributed by atoms with E-state index in [0.717, 1.165) is 26.8 Å². The standard InChI is InChI=1S/C22H14ClN5S/c23-17-13-7-8-14-18(17)25-26-21-19(15-9-3-1-4-10-15)28-22(29-21)24-20(27-28)16-11-5-2-6-12-16/h1-14H. The number of hydrogen-bond donors (Lipinski definition) is 0. The minimum atomic E-state index is 0.559. The average Bonchev–Trinajstić information content (AvgIpc) is 3.32. The van der Waals surface area contributed by atoms with E-state index in [1.807, 2.05) is 83.4 Å². The van der Waals surface area contributed by atoms with Crippen molar-refractivity contribution in [1.29, 1.82) is 0 Å². The zero-order chi connectivity index (χ0) is 19.6. The summed E-state index contributed by atoms with van der Waals surface area (Å²) in [5, 5.41) is 14.9. The maximum atomic E-state index is 6.21. The molecule has 0 atom stereocenters. The summed E-state index contributed by atoms with van der Waals surface area (Å²) in [4.78, 5) is 5.46. The summed E-state index contributed by atoms with van der Waals surface area (Å²) in [6.07, 6.45) is 0. The van der Waals surface area contributed by atoms with E-state index in [1.165, 1.54) is 11.3 Å². The normalized spacial score (nSPS) is 11.5. The number of hydrogen-bond acceptors (Lipinski definition) is 5. The number of nitrogens with zero attached hydrogens (tertiary/aromatic N) is 5. The maximum Gasteiger partial charge on any atom is 0.215 e. The zero-order valence-corrected chi connectivity index (χ0v) is 16.7. The van der Waals surface area contributed by atoms with Gasteiger partial charge in [0.2, 0.25) is 4.96 Å². The first-order chi connectivity index (χ1) is 14.3. The topological polar surface area (TPSA) is 54.9 Å². The van der Waals surface area contributed by atoms with E-state index in [9.17, 15) is 0 Å². The lowest BCUT2D eigenvalue weighted by molar-refractivity contribution is 0.987. The SMILES string of the molecule is Clc1ccccc1N=Nc1sc2nc(-c3ccccc3)nn2c1-c1ccccc1. The molecule has 0 aliphatic heterocycles. The van der Waals surface area contributed by atoms with Crippen molar-refractivity contribution in [3.8, 4) is 22.6 Å². The molecule has 140 valence electrons. The molecule has 0 saturated carbocycles. The smallest absolute Gasteiger partial charge is 0.200 e. The van der Waals surface area contributed by atoms with Gasteiger partial charge in [0.05, 0.1) is 5.02 Å². The summed E-state index contributed by atoms with van der Waals surface area (Å²) in [5.41, 5.74) is 3.45. The first kappa shape index (κ1) is 17.7. The van der Waals surface area contributed by atoms with E-state index in [-0.39, 0.29) is 0 Å². The van der Waals surface area contributed by atoms with E-state index in [1.54, 1.807) is 6.07 Å². The first-order valence-electron chi connectivity index (χ1n) is 8.96. The van der Waals surface area contributed by atoms with Gasteiger partial charge >= 0.3 is 0 Å². The molecule has 0 N–H and O–H groups in total. The lowest BCUT2D eigenvalue weighted by Gasteiger charge is -2.01. The van der Waals surface area contributed by atoms with Gasteiger partial charge in [-0.1, -0.05) is 95.7 Å². The Morgan fingerprint density at radius 2 is 1.41 bits per heavy atom. The predicted octanol–water partition coefficient (Wildman–Crippen LogP) is 7.19. The second-order valence-electron chi connectivity index (χ2n) is 6.27. The lowest BCUT2D eigenvalue weighted by Crippen LogP contribution is -1.89. The number of azo groups is 1. The minimum absolute atomic E-state index is 0.559. The van der Waals surface area contributed by atoms with Crippen LogP contribution in [0, 0.1) is 0 Å². The van der Waals surface area contributed by atoms with Gasteiger partial charge in [0.1, 0.15) is 11.4 Å². The van der Waals surface area contributed by atoms with Crippen LogP contribution in [0.4, 0.5) is 10.7 Å². The van der Waals surface area contributed by atoms with Crippen molar-refractivity contribution < 1.29 is 0 Å². The third-order valence-corrected chi connectivity index (χ3v) is 5.59. The highest BCUT2D eigenvalue weighted by Gasteiger charge is 2.18. The van der Waals surface area contributed by atoms with Gasteiger partial charge in [-0.25, -0.2) is 4.52 Å². The molecule has 2 aromatic heterocycles. The molecule has 2 heterocycles. The number of benzene rings is 3. The highest BCUT2D eigenvalue weighted by Crippen LogP contribution is 2.40. The second-order valence-corrected chi connectivity index (χ2v) is 7.63. The lowest BCUT2D eigenvalue weighted by atomic mass is 10.2. The van der Waals surface area contributed by atoms with Gasteiger partial charge < -0.3 is 0 Å². The van der Waals surface area contributed by atoms with Crippen molar-refractivity contribution >= 4 is 38.6 Å². The van der Waals surface area contributed by atoms with Crippen LogP contribution in [0.15, 0.2) is 95.2 Å². The Morgan fingerprint density at radius 3 is 2.14 bits per heavy atom. The Morgan fingerprint density at radius 1 is 0.759 bits per heavy atom. The minimum Gasteiger partial charge on any atom is -0.200 e. The Bertz CT molecular complexity index is 1310. The summed E-state index contributed by atoms with van der Waals surface area (Å²) < 4.78 is 1.84. The Labute approximate surface area is 176 Å². The van der Waals surface area contributed by atoms with Crippen LogP contribution >= 0.6 is 22.9 Å². The van der Waals surface area contributed by atoms with Gasteiger partial charge in [-0.15, -0.1) is 15.3 Å². The molecule has 3 aromatic carbocycles.